The number of rotatable bonds is 7. The van der Waals surface area contributed by atoms with E-state index < -0.39 is 0 Å². The third-order valence-corrected chi connectivity index (χ3v) is 5.09. The number of benzene rings is 1. The Morgan fingerprint density at radius 1 is 1.28 bits per heavy atom. The van der Waals surface area contributed by atoms with Gasteiger partial charge in [-0.05, 0) is 32.4 Å². The number of hydrogen-bond donors (Lipinski definition) is 2. The summed E-state index contributed by atoms with van der Waals surface area (Å²) in [6.45, 7) is 10.6. The number of nitrogens with zero attached hydrogens (tertiary/aromatic N) is 2. The fourth-order valence-corrected chi connectivity index (χ4v) is 3.39. The zero-order valence-electron chi connectivity index (χ0n) is 15.7. The average Bonchev–Trinajstić information content (AvgIpc) is 2.95. The third kappa shape index (κ3) is 5.46. The molecule has 0 fully saturated rings. The van der Waals surface area contributed by atoms with Gasteiger partial charge in [-0.1, -0.05) is 25.1 Å². The van der Waals surface area contributed by atoms with Crippen LogP contribution in [0, 0.1) is 13.8 Å². The molecule has 1 aromatic carbocycles. The minimum Gasteiger partial charge on any atom is -0.496 e. The molecular formula is C19H28N4OS. The van der Waals surface area contributed by atoms with Crippen LogP contribution in [0.5, 0.6) is 5.75 Å². The summed E-state index contributed by atoms with van der Waals surface area (Å²) < 4.78 is 5.46. The van der Waals surface area contributed by atoms with Gasteiger partial charge in [-0.2, -0.15) is 0 Å². The van der Waals surface area contributed by atoms with Gasteiger partial charge in [0.25, 0.3) is 0 Å². The monoisotopic (exact) mass is 360 g/mol. The van der Waals surface area contributed by atoms with Gasteiger partial charge >= 0.3 is 0 Å². The zero-order valence-corrected chi connectivity index (χ0v) is 16.5. The molecule has 2 rings (SSSR count). The molecule has 6 heteroatoms. The number of guanidine groups is 1. The van der Waals surface area contributed by atoms with Crippen LogP contribution >= 0.6 is 11.3 Å². The van der Waals surface area contributed by atoms with E-state index in [9.17, 15) is 0 Å². The van der Waals surface area contributed by atoms with Crippen molar-refractivity contribution in [3.8, 4) is 5.75 Å². The molecule has 25 heavy (non-hydrogen) atoms. The topological polar surface area (TPSA) is 58.5 Å². The highest BCUT2D eigenvalue weighted by molar-refractivity contribution is 7.11. The summed E-state index contributed by atoms with van der Waals surface area (Å²) in [4.78, 5) is 10.5. The summed E-state index contributed by atoms with van der Waals surface area (Å²) in [6.07, 6.45) is 0. The van der Waals surface area contributed by atoms with E-state index in [1.165, 1.54) is 10.4 Å². The summed E-state index contributed by atoms with van der Waals surface area (Å²) in [5.74, 6) is 2.05. The van der Waals surface area contributed by atoms with Crippen LogP contribution < -0.4 is 15.4 Å². The van der Waals surface area contributed by atoms with Crippen molar-refractivity contribution in [1.82, 2.24) is 15.6 Å². The van der Waals surface area contributed by atoms with Crippen molar-refractivity contribution >= 4 is 17.3 Å². The maximum atomic E-state index is 5.46. The van der Waals surface area contributed by atoms with Gasteiger partial charge in [0.15, 0.2) is 5.96 Å². The smallest absolute Gasteiger partial charge is 0.191 e. The zero-order chi connectivity index (χ0) is 18.2. The molecule has 0 bridgehead atoms. The number of nitrogens with one attached hydrogen (secondary N) is 2. The van der Waals surface area contributed by atoms with Gasteiger partial charge in [0.1, 0.15) is 10.8 Å². The highest BCUT2D eigenvalue weighted by atomic mass is 32.1. The van der Waals surface area contributed by atoms with Crippen LogP contribution in [-0.2, 0) is 6.54 Å². The molecule has 0 radical (unpaired) electrons. The molecule has 1 atom stereocenters. The second kappa shape index (κ2) is 9.42. The average molecular weight is 361 g/mol. The molecule has 1 aromatic heterocycles. The molecule has 0 aliphatic carbocycles. The van der Waals surface area contributed by atoms with E-state index in [-0.39, 0.29) is 0 Å². The maximum absolute atomic E-state index is 5.46. The summed E-state index contributed by atoms with van der Waals surface area (Å²) in [5, 5.41) is 7.76. The van der Waals surface area contributed by atoms with Gasteiger partial charge in [0.2, 0.25) is 0 Å². The van der Waals surface area contributed by atoms with Crippen molar-refractivity contribution in [3.05, 3.63) is 45.4 Å². The van der Waals surface area contributed by atoms with Gasteiger partial charge in [-0.25, -0.2) is 9.98 Å². The lowest BCUT2D eigenvalue weighted by atomic mass is 10.0. The van der Waals surface area contributed by atoms with Crippen LogP contribution in [0.3, 0.4) is 0 Å². The normalized spacial score (nSPS) is 12.8. The maximum Gasteiger partial charge on any atom is 0.191 e. The lowest BCUT2D eigenvalue weighted by Gasteiger charge is -2.18. The molecule has 5 nitrogen and oxygen atoms in total. The summed E-state index contributed by atoms with van der Waals surface area (Å²) in [5.41, 5.74) is 2.29. The first kappa shape index (κ1) is 19.2. The molecule has 0 amide bonds. The SMILES string of the molecule is CCNC(=NCc1nc(C)c(C)s1)NCC(C)c1ccccc1OC. The number of aromatic nitrogens is 1. The van der Waals surface area contributed by atoms with Crippen LogP contribution in [0.4, 0.5) is 0 Å². The van der Waals surface area contributed by atoms with E-state index >= 15 is 0 Å². The molecule has 0 aliphatic rings. The molecule has 2 N–H and O–H groups in total. The highest BCUT2D eigenvalue weighted by Crippen LogP contribution is 2.25. The van der Waals surface area contributed by atoms with E-state index in [2.05, 4.69) is 47.4 Å². The van der Waals surface area contributed by atoms with E-state index in [0.717, 1.165) is 35.5 Å². The minimum absolute atomic E-state index is 0.310. The van der Waals surface area contributed by atoms with E-state index in [0.29, 0.717) is 12.5 Å². The molecular weight excluding hydrogens is 332 g/mol. The first-order chi connectivity index (χ1) is 12.0. The van der Waals surface area contributed by atoms with Crippen LogP contribution in [0.15, 0.2) is 29.3 Å². The van der Waals surface area contributed by atoms with Crippen molar-refractivity contribution in [2.45, 2.75) is 40.2 Å². The van der Waals surface area contributed by atoms with Crippen molar-refractivity contribution < 1.29 is 4.74 Å². The van der Waals surface area contributed by atoms with Crippen LogP contribution in [-0.4, -0.2) is 31.1 Å². The van der Waals surface area contributed by atoms with Crippen molar-refractivity contribution in [1.29, 1.82) is 0 Å². The fourth-order valence-electron chi connectivity index (χ4n) is 2.53. The Morgan fingerprint density at radius 3 is 2.68 bits per heavy atom. The van der Waals surface area contributed by atoms with Crippen LogP contribution in [0.1, 0.15) is 40.9 Å². The molecule has 0 saturated heterocycles. The summed E-state index contributed by atoms with van der Waals surface area (Å²) in [6, 6.07) is 8.14. The first-order valence-corrected chi connectivity index (χ1v) is 9.44. The van der Waals surface area contributed by atoms with Gasteiger partial charge in [0, 0.05) is 23.9 Å². The predicted molar refractivity (Wildman–Crippen MR) is 106 cm³/mol. The minimum atomic E-state index is 0.310. The molecule has 2 aromatic rings. The second-order valence-electron chi connectivity index (χ2n) is 5.97. The predicted octanol–water partition coefficient (Wildman–Crippen LogP) is 3.63. The lowest BCUT2D eigenvalue weighted by molar-refractivity contribution is 0.406. The van der Waals surface area contributed by atoms with Crippen LogP contribution in [0.25, 0.3) is 0 Å². The summed E-state index contributed by atoms with van der Waals surface area (Å²) in [7, 11) is 1.71. The molecule has 0 aliphatic heterocycles. The number of aryl methyl sites for hydroxylation is 2. The van der Waals surface area contributed by atoms with Gasteiger partial charge in [0.05, 0.1) is 19.3 Å². The Kier molecular flexibility index (Phi) is 7.25. The van der Waals surface area contributed by atoms with Gasteiger partial charge in [-0.15, -0.1) is 11.3 Å². The molecule has 1 heterocycles. The Hall–Kier alpha value is -2.08. The Balaban J connectivity index is 1.99. The largest absolute Gasteiger partial charge is 0.496 e. The Morgan fingerprint density at radius 2 is 2.04 bits per heavy atom. The second-order valence-corrected chi connectivity index (χ2v) is 7.26. The third-order valence-electron chi connectivity index (χ3n) is 4.04. The van der Waals surface area contributed by atoms with Crippen molar-refractivity contribution in [2.24, 2.45) is 4.99 Å². The van der Waals surface area contributed by atoms with E-state index in [1.807, 2.05) is 25.1 Å². The molecule has 136 valence electrons. The quantitative estimate of drug-likeness (QED) is 0.585. The number of thiazole rings is 1. The van der Waals surface area contributed by atoms with Crippen molar-refractivity contribution in [3.63, 3.8) is 0 Å². The summed E-state index contributed by atoms with van der Waals surface area (Å²) >= 11 is 1.71. The standard InChI is InChI=1S/C19H28N4OS/c1-6-20-19(22-12-18-23-14(3)15(4)25-18)21-11-13(2)16-9-7-8-10-17(16)24-5/h7-10,13H,6,11-12H2,1-5H3,(H2,20,21,22). The van der Waals surface area contributed by atoms with Gasteiger partial charge < -0.3 is 15.4 Å². The molecule has 0 spiro atoms. The van der Waals surface area contributed by atoms with Gasteiger partial charge in [-0.3, -0.25) is 0 Å². The fraction of sp³-hybridized carbons (Fsp3) is 0.474. The Labute approximate surface area is 154 Å². The number of ether oxygens (including phenoxy) is 1. The van der Waals surface area contributed by atoms with E-state index in [1.54, 1.807) is 18.4 Å². The van der Waals surface area contributed by atoms with E-state index in [4.69, 9.17) is 4.74 Å². The number of aliphatic imine (C=N–C) groups is 1. The number of para-hydroxylation sites is 1. The lowest BCUT2D eigenvalue weighted by Crippen LogP contribution is -2.39. The Bertz CT molecular complexity index is 692. The number of methoxy groups -OCH3 is 1. The highest BCUT2D eigenvalue weighted by Gasteiger charge is 2.11. The number of hydrogen-bond acceptors (Lipinski definition) is 4. The molecule has 1 unspecified atom stereocenters. The molecule has 0 saturated carbocycles. The van der Waals surface area contributed by atoms with Crippen molar-refractivity contribution in [2.75, 3.05) is 20.2 Å². The van der Waals surface area contributed by atoms with Crippen LogP contribution in [0.2, 0.25) is 0 Å². The first-order valence-electron chi connectivity index (χ1n) is 8.63.